The van der Waals surface area contributed by atoms with E-state index in [-0.39, 0.29) is 35.3 Å². The van der Waals surface area contributed by atoms with E-state index in [1.54, 1.807) is 0 Å². The van der Waals surface area contributed by atoms with Gasteiger partial charge in [-0.2, -0.15) is 4.31 Å². The standard InChI is InChI=1S/C10H18N4O5S2/c1-13-7-12-9(11)10(13)21(18,19)14(3-4-15)8-2-5-20(16,17)6-8/h7-8,15H,2-6,11H2,1H3. The van der Waals surface area contributed by atoms with Gasteiger partial charge in [0, 0.05) is 19.6 Å². The minimum atomic E-state index is -4.03. The van der Waals surface area contributed by atoms with E-state index in [4.69, 9.17) is 10.8 Å². The fourth-order valence-electron chi connectivity index (χ4n) is 2.46. The predicted octanol–water partition coefficient (Wildman–Crippen LogP) is -1.83. The highest BCUT2D eigenvalue weighted by Crippen LogP contribution is 2.26. The van der Waals surface area contributed by atoms with Crippen LogP contribution in [0.25, 0.3) is 0 Å². The van der Waals surface area contributed by atoms with Crippen molar-refractivity contribution >= 4 is 25.7 Å². The van der Waals surface area contributed by atoms with Gasteiger partial charge < -0.3 is 15.4 Å². The zero-order valence-electron chi connectivity index (χ0n) is 11.5. The highest BCUT2D eigenvalue weighted by atomic mass is 32.2. The lowest BCUT2D eigenvalue weighted by Crippen LogP contribution is -2.43. The molecule has 120 valence electrons. The molecule has 2 heterocycles. The molecule has 21 heavy (non-hydrogen) atoms. The van der Waals surface area contributed by atoms with Crippen molar-refractivity contribution in [3.05, 3.63) is 6.33 Å². The van der Waals surface area contributed by atoms with Crippen LogP contribution < -0.4 is 5.73 Å². The van der Waals surface area contributed by atoms with E-state index < -0.39 is 32.5 Å². The third kappa shape index (κ3) is 3.05. The number of sulfone groups is 1. The second-order valence-corrected chi connectivity index (χ2v) is 8.98. The first kappa shape index (κ1) is 16.2. The molecule has 9 nitrogen and oxygen atoms in total. The number of anilines is 1. The van der Waals surface area contributed by atoms with Crippen molar-refractivity contribution in [1.29, 1.82) is 0 Å². The highest BCUT2D eigenvalue weighted by molar-refractivity contribution is 7.92. The number of rotatable bonds is 5. The Morgan fingerprint density at radius 2 is 2.24 bits per heavy atom. The number of sulfonamides is 1. The molecule has 1 aliphatic rings. The molecular weight excluding hydrogens is 320 g/mol. The largest absolute Gasteiger partial charge is 0.395 e. The average molecular weight is 338 g/mol. The Kier molecular flexibility index (Phi) is 4.29. The Hall–Kier alpha value is -1.17. The van der Waals surface area contributed by atoms with Crippen molar-refractivity contribution < 1.29 is 21.9 Å². The van der Waals surface area contributed by atoms with Crippen molar-refractivity contribution in [3.63, 3.8) is 0 Å². The maximum Gasteiger partial charge on any atom is 0.262 e. The van der Waals surface area contributed by atoms with Gasteiger partial charge >= 0.3 is 0 Å². The van der Waals surface area contributed by atoms with Gasteiger partial charge in [0.25, 0.3) is 10.0 Å². The van der Waals surface area contributed by atoms with Gasteiger partial charge in [-0.1, -0.05) is 0 Å². The van der Waals surface area contributed by atoms with Gasteiger partial charge in [0.15, 0.2) is 20.7 Å². The summed E-state index contributed by atoms with van der Waals surface area (Å²) in [5.74, 6) is -0.457. The first-order valence-electron chi connectivity index (χ1n) is 6.29. The number of nitrogen functional groups attached to an aromatic ring is 1. The first-order chi connectivity index (χ1) is 9.69. The van der Waals surface area contributed by atoms with Crippen LogP contribution in [0.5, 0.6) is 0 Å². The van der Waals surface area contributed by atoms with E-state index in [0.29, 0.717) is 0 Å². The molecule has 0 bridgehead atoms. The van der Waals surface area contributed by atoms with Crippen LogP contribution in [0.4, 0.5) is 5.82 Å². The lowest BCUT2D eigenvalue weighted by molar-refractivity contribution is 0.232. The minimum Gasteiger partial charge on any atom is -0.395 e. The molecule has 1 aliphatic heterocycles. The van der Waals surface area contributed by atoms with Crippen molar-refractivity contribution in [2.75, 3.05) is 30.4 Å². The first-order valence-corrected chi connectivity index (χ1v) is 9.55. The molecule has 1 aromatic heterocycles. The van der Waals surface area contributed by atoms with E-state index >= 15 is 0 Å². The van der Waals surface area contributed by atoms with Crippen molar-refractivity contribution in [3.8, 4) is 0 Å². The zero-order chi connectivity index (χ0) is 15.8. The summed E-state index contributed by atoms with van der Waals surface area (Å²) in [5.41, 5.74) is 5.59. The number of hydrogen-bond donors (Lipinski definition) is 2. The van der Waals surface area contributed by atoms with E-state index in [1.165, 1.54) is 17.9 Å². The summed E-state index contributed by atoms with van der Waals surface area (Å²) >= 11 is 0. The van der Waals surface area contributed by atoms with E-state index in [1.807, 2.05) is 0 Å². The van der Waals surface area contributed by atoms with Crippen molar-refractivity contribution in [2.45, 2.75) is 17.5 Å². The number of nitrogens with zero attached hydrogens (tertiary/aromatic N) is 3. The van der Waals surface area contributed by atoms with Gasteiger partial charge in [-0.3, -0.25) is 0 Å². The van der Waals surface area contributed by atoms with Crippen molar-refractivity contribution in [2.24, 2.45) is 7.05 Å². The number of aliphatic hydroxyl groups excluding tert-OH is 1. The second-order valence-electron chi connectivity index (χ2n) is 4.94. The van der Waals surface area contributed by atoms with Crippen LogP contribution in [0.15, 0.2) is 11.4 Å². The number of aryl methyl sites for hydroxylation is 1. The molecule has 11 heteroatoms. The third-order valence-corrected chi connectivity index (χ3v) is 7.23. The van der Waals surface area contributed by atoms with Gasteiger partial charge in [-0.05, 0) is 6.42 Å². The summed E-state index contributed by atoms with van der Waals surface area (Å²) < 4.78 is 50.8. The predicted molar refractivity (Wildman–Crippen MR) is 75.7 cm³/mol. The fourth-order valence-corrected chi connectivity index (χ4v) is 6.13. The van der Waals surface area contributed by atoms with Crippen LogP contribution in [0.1, 0.15) is 6.42 Å². The number of nitrogens with two attached hydrogens (primary N) is 1. The number of aliphatic hydroxyl groups is 1. The van der Waals surface area contributed by atoms with Crippen LogP contribution in [-0.4, -0.2) is 66.5 Å². The van der Waals surface area contributed by atoms with Crippen LogP contribution >= 0.6 is 0 Å². The van der Waals surface area contributed by atoms with Gasteiger partial charge in [0.2, 0.25) is 0 Å². The third-order valence-electron chi connectivity index (χ3n) is 3.40. The van der Waals surface area contributed by atoms with E-state index in [9.17, 15) is 16.8 Å². The van der Waals surface area contributed by atoms with Gasteiger partial charge in [-0.15, -0.1) is 0 Å². The molecular formula is C10H18N4O5S2. The SMILES string of the molecule is Cn1cnc(N)c1S(=O)(=O)N(CCO)C1CCS(=O)(=O)C1. The lowest BCUT2D eigenvalue weighted by atomic mass is 10.3. The van der Waals surface area contributed by atoms with Gasteiger partial charge in [-0.25, -0.2) is 21.8 Å². The molecule has 0 amide bonds. The molecule has 2 rings (SSSR count). The van der Waals surface area contributed by atoms with Crippen LogP contribution in [0.3, 0.4) is 0 Å². The molecule has 0 saturated carbocycles. The van der Waals surface area contributed by atoms with E-state index in [0.717, 1.165) is 4.31 Å². The Balaban J connectivity index is 2.43. The molecule has 1 atom stereocenters. The molecule has 0 radical (unpaired) electrons. The Morgan fingerprint density at radius 1 is 1.57 bits per heavy atom. The number of aromatic nitrogens is 2. The van der Waals surface area contributed by atoms with Crippen molar-refractivity contribution in [1.82, 2.24) is 13.9 Å². The molecule has 0 aromatic carbocycles. The maximum atomic E-state index is 12.7. The molecule has 0 spiro atoms. The molecule has 1 unspecified atom stereocenters. The summed E-state index contributed by atoms with van der Waals surface area (Å²) in [6.45, 7) is -0.597. The van der Waals surface area contributed by atoms with Gasteiger partial charge in [0.05, 0.1) is 24.4 Å². The smallest absolute Gasteiger partial charge is 0.262 e. The van der Waals surface area contributed by atoms with E-state index in [2.05, 4.69) is 4.98 Å². The molecule has 3 N–H and O–H groups in total. The Bertz CT molecular complexity index is 705. The minimum absolute atomic E-state index is 0.0595. The van der Waals surface area contributed by atoms with Crippen LogP contribution in [-0.2, 0) is 26.9 Å². The Labute approximate surface area is 123 Å². The summed E-state index contributed by atoms with van der Waals surface area (Å²) in [6, 6.07) is -0.693. The average Bonchev–Trinajstić information content (AvgIpc) is 2.89. The summed E-state index contributed by atoms with van der Waals surface area (Å²) in [7, 11) is -5.80. The quantitative estimate of drug-likeness (QED) is 0.644. The van der Waals surface area contributed by atoms with Crippen LogP contribution in [0, 0.1) is 0 Å². The highest BCUT2D eigenvalue weighted by Gasteiger charge is 2.40. The topological polar surface area (TPSA) is 136 Å². The number of hydrogen-bond acceptors (Lipinski definition) is 7. The monoisotopic (exact) mass is 338 g/mol. The molecule has 1 saturated heterocycles. The fraction of sp³-hybridized carbons (Fsp3) is 0.700. The summed E-state index contributed by atoms with van der Waals surface area (Å²) in [6.07, 6.45) is 1.48. The maximum absolute atomic E-state index is 12.7. The summed E-state index contributed by atoms with van der Waals surface area (Å²) in [4.78, 5) is 3.73. The zero-order valence-corrected chi connectivity index (χ0v) is 13.1. The number of imidazole rings is 1. The van der Waals surface area contributed by atoms with Crippen LogP contribution in [0.2, 0.25) is 0 Å². The lowest BCUT2D eigenvalue weighted by Gasteiger charge is -2.26. The van der Waals surface area contributed by atoms with Gasteiger partial charge in [0.1, 0.15) is 0 Å². The normalized spacial score (nSPS) is 22.0. The molecule has 1 fully saturated rings. The Morgan fingerprint density at radius 3 is 2.67 bits per heavy atom. The second kappa shape index (κ2) is 5.55. The molecule has 0 aliphatic carbocycles. The summed E-state index contributed by atoms with van der Waals surface area (Å²) in [5, 5.41) is 8.92. The molecule has 1 aromatic rings.